The SMILES string of the molecule is COc1cc([C@@H](CC(C)C)NC(=O)C2CSC(/C(C)=N/O)=N2)oc(=O)c1. The van der Waals surface area contributed by atoms with E-state index in [1.165, 1.54) is 24.9 Å². The quantitative estimate of drug-likeness (QED) is 0.425. The molecule has 9 heteroatoms. The molecule has 0 aliphatic carbocycles. The van der Waals surface area contributed by atoms with Crippen LogP contribution in [0, 0.1) is 5.92 Å². The minimum Gasteiger partial charge on any atom is -0.496 e. The first-order valence-electron chi connectivity index (χ1n) is 8.23. The van der Waals surface area contributed by atoms with Crippen LogP contribution in [0.4, 0.5) is 0 Å². The predicted octanol–water partition coefficient (Wildman–Crippen LogP) is 2.22. The lowest BCUT2D eigenvalue weighted by molar-refractivity contribution is -0.122. The molecular weight excluding hydrogens is 358 g/mol. The van der Waals surface area contributed by atoms with E-state index in [0.717, 1.165) is 0 Å². The summed E-state index contributed by atoms with van der Waals surface area (Å²) >= 11 is 1.36. The van der Waals surface area contributed by atoms with Gasteiger partial charge in [0.05, 0.1) is 19.2 Å². The normalized spacial score (nSPS) is 18.6. The second-order valence-electron chi connectivity index (χ2n) is 6.36. The number of nitrogens with zero attached hydrogens (tertiary/aromatic N) is 2. The number of nitrogens with one attached hydrogen (secondary N) is 1. The van der Waals surface area contributed by atoms with E-state index in [2.05, 4.69) is 15.5 Å². The van der Waals surface area contributed by atoms with Crippen LogP contribution in [0.2, 0.25) is 0 Å². The van der Waals surface area contributed by atoms with Crippen LogP contribution in [0.3, 0.4) is 0 Å². The summed E-state index contributed by atoms with van der Waals surface area (Å²) < 4.78 is 10.4. The summed E-state index contributed by atoms with van der Waals surface area (Å²) in [5.41, 5.74) is -0.156. The molecule has 26 heavy (non-hydrogen) atoms. The van der Waals surface area contributed by atoms with Crippen molar-refractivity contribution in [3.05, 3.63) is 28.3 Å². The number of rotatable bonds is 7. The lowest BCUT2D eigenvalue weighted by Gasteiger charge is -2.21. The standard InChI is InChI=1S/C17H23N3O5S/c1-9(2)5-12(14-6-11(24-4)7-15(21)25-14)18-16(22)13-8-26-17(19-13)10(3)20-23/h6-7,9,12-13,23H,5,8H2,1-4H3,(H,18,22)/b20-10+/t12-,13?/m1/s1. The fourth-order valence-electron chi connectivity index (χ4n) is 2.50. The highest BCUT2D eigenvalue weighted by Crippen LogP contribution is 2.25. The first kappa shape index (κ1) is 20.0. The van der Waals surface area contributed by atoms with E-state index in [-0.39, 0.29) is 11.8 Å². The van der Waals surface area contributed by atoms with Gasteiger partial charge in [-0.25, -0.2) is 4.79 Å². The molecule has 0 fully saturated rings. The molecule has 1 aromatic heterocycles. The lowest BCUT2D eigenvalue weighted by Crippen LogP contribution is -2.37. The molecule has 0 spiro atoms. The maximum Gasteiger partial charge on any atom is 0.339 e. The second-order valence-corrected chi connectivity index (χ2v) is 7.36. The molecular formula is C17H23N3O5S. The Morgan fingerprint density at radius 3 is 2.88 bits per heavy atom. The van der Waals surface area contributed by atoms with E-state index in [0.29, 0.717) is 34.4 Å². The van der Waals surface area contributed by atoms with E-state index in [1.54, 1.807) is 13.0 Å². The summed E-state index contributed by atoms with van der Waals surface area (Å²) in [4.78, 5) is 28.6. The van der Waals surface area contributed by atoms with Gasteiger partial charge in [-0.1, -0.05) is 19.0 Å². The highest BCUT2D eigenvalue weighted by Gasteiger charge is 2.29. The molecule has 1 amide bonds. The minimum absolute atomic E-state index is 0.262. The third kappa shape index (κ3) is 5.10. The second kappa shape index (κ2) is 8.88. The number of carbonyl (C=O) groups is 1. The molecule has 2 heterocycles. The summed E-state index contributed by atoms with van der Waals surface area (Å²) in [7, 11) is 1.46. The summed E-state index contributed by atoms with van der Waals surface area (Å²) in [6.45, 7) is 5.65. The van der Waals surface area contributed by atoms with Gasteiger partial charge in [0.15, 0.2) is 0 Å². The molecule has 0 aromatic carbocycles. The number of carbonyl (C=O) groups excluding carboxylic acids is 1. The van der Waals surface area contributed by atoms with Crippen molar-refractivity contribution in [3.63, 3.8) is 0 Å². The number of hydrogen-bond acceptors (Lipinski definition) is 8. The largest absolute Gasteiger partial charge is 0.496 e. The van der Waals surface area contributed by atoms with Crippen LogP contribution >= 0.6 is 11.8 Å². The van der Waals surface area contributed by atoms with Gasteiger partial charge in [-0.3, -0.25) is 9.79 Å². The van der Waals surface area contributed by atoms with Crippen molar-refractivity contribution in [2.24, 2.45) is 16.1 Å². The van der Waals surface area contributed by atoms with Gasteiger partial charge in [-0.2, -0.15) is 0 Å². The van der Waals surface area contributed by atoms with Crippen LogP contribution in [0.1, 0.15) is 39.0 Å². The Morgan fingerprint density at radius 1 is 1.54 bits per heavy atom. The van der Waals surface area contributed by atoms with Crippen LogP contribution in [0.5, 0.6) is 5.75 Å². The van der Waals surface area contributed by atoms with Gasteiger partial charge in [0, 0.05) is 11.8 Å². The Balaban J connectivity index is 2.21. The van der Waals surface area contributed by atoms with Crippen molar-refractivity contribution >= 4 is 28.4 Å². The van der Waals surface area contributed by atoms with E-state index in [9.17, 15) is 9.59 Å². The van der Waals surface area contributed by atoms with Crippen molar-refractivity contribution in [2.75, 3.05) is 12.9 Å². The number of ether oxygens (including phenoxy) is 1. The molecule has 8 nitrogen and oxygen atoms in total. The van der Waals surface area contributed by atoms with E-state index < -0.39 is 17.7 Å². The average Bonchev–Trinajstić information content (AvgIpc) is 3.09. The zero-order valence-corrected chi connectivity index (χ0v) is 16.0. The molecule has 1 aliphatic heterocycles. The van der Waals surface area contributed by atoms with Gasteiger partial charge in [-0.05, 0) is 19.3 Å². The average molecular weight is 381 g/mol. The first-order chi connectivity index (χ1) is 12.3. The maximum absolute atomic E-state index is 12.6. The minimum atomic E-state index is -0.585. The number of oxime groups is 1. The molecule has 1 unspecified atom stereocenters. The van der Waals surface area contributed by atoms with Crippen LogP contribution < -0.4 is 15.7 Å². The monoisotopic (exact) mass is 381 g/mol. The van der Waals surface area contributed by atoms with Gasteiger partial charge >= 0.3 is 5.63 Å². The van der Waals surface area contributed by atoms with Gasteiger partial charge in [0.1, 0.15) is 28.3 Å². The fourth-order valence-corrected chi connectivity index (χ4v) is 3.49. The Kier molecular flexibility index (Phi) is 6.84. The van der Waals surface area contributed by atoms with Gasteiger partial charge < -0.3 is 19.7 Å². The van der Waals surface area contributed by atoms with Crippen molar-refractivity contribution in [1.29, 1.82) is 0 Å². The van der Waals surface area contributed by atoms with Crippen LogP contribution in [-0.4, -0.2) is 40.8 Å². The van der Waals surface area contributed by atoms with Crippen LogP contribution in [0.25, 0.3) is 0 Å². The smallest absolute Gasteiger partial charge is 0.339 e. The molecule has 2 N–H and O–H groups in total. The van der Waals surface area contributed by atoms with Crippen molar-refractivity contribution in [2.45, 2.75) is 39.3 Å². The van der Waals surface area contributed by atoms with Crippen LogP contribution in [0.15, 0.2) is 31.5 Å². The lowest BCUT2D eigenvalue weighted by atomic mass is 10.0. The molecule has 142 valence electrons. The molecule has 1 aromatic rings. The van der Waals surface area contributed by atoms with Crippen molar-refractivity contribution < 1.29 is 19.2 Å². The van der Waals surface area contributed by atoms with Crippen molar-refractivity contribution in [3.8, 4) is 5.75 Å². The zero-order chi connectivity index (χ0) is 19.3. The zero-order valence-electron chi connectivity index (χ0n) is 15.2. The Hall–Kier alpha value is -2.29. The number of amides is 1. The summed E-state index contributed by atoms with van der Waals surface area (Å²) in [6.07, 6.45) is 0.593. The Labute approximate surface area is 155 Å². The topological polar surface area (TPSA) is 113 Å². The van der Waals surface area contributed by atoms with E-state index >= 15 is 0 Å². The number of hydrogen-bond donors (Lipinski definition) is 2. The highest BCUT2D eigenvalue weighted by molar-refractivity contribution is 8.16. The summed E-state index contributed by atoms with van der Waals surface area (Å²) in [5, 5.41) is 15.4. The van der Waals surface area contributed by atoms with Gasteiger partial charge in [0.2, 0.25) is 5.91 Å². The van der Waals surface area contributed by atoms with Gasteiger partial charge in [0.25, 0.3) is 0 Å². The molecule has 0 bridgehead atoms. The molecule has 2 rings (SSSR count). The maximum atomic E-state index is 12.6. The van der Waals surface area contributed by atoms with Gasteiger partial charge in [-0.15, -0.1) is 11.8 Å². The molecule has 1 aliphatic rings. The van der Waals surface area contributed by atoms with E-state index in [1.807, 2.05) is 13.8 Å². The Morgan fingerprint density at radius 2 is 2.27 bits per heavy atom. The number of aliphatic imine (C=N–C) groups is 1. The molecule has 0 radical (unpaired) electrons. The Bertz CT molecular complexity index is 772. The predicted molar refractivity (Wildman–Crippen MR) is 100 cm³/mol. The third-order valence-electron chi connectivity index (χ3n) is 3.78. The van der Waals surface area contributed by atoms with E-state index in [4.69, 9.17) is 14.4 Å². The van der Waals surface area contributed by atoms with Crippen molar-refractivity contribution in [1.82, 2.24) is 5.32 Å². The molecule has 0 saturated carbocycles. The molecule has 2 atom stereocenters. The molecule has 0 saturated heterocycles. The highest BCUT2D eigenvalue weighted by atomic mass is 32.2. The number of methoxy groups -OCH3 is 1. The third-order valence-corrected chi connectivity index (χ3v) is 4.94. The number of thioether (sulfide) groups is 1. The summed E-state index contributed by atoms with van der Waals surface area (Å²) in [6, 6.07) is 1.80. The summed E-state index contributed by atoms with van der Waals surface area (Å²) in [5.74, 6) is 1.18. The fraction of sp³-hybridized carbons (Fsp3) is 0.529. The first-order valence-corrected chi connectivity index (χ1v) is 9.21. The van der Waals surface area contributed by atoms with Crippen LogP contribution in [-0.2, 0) is 4.79 Å².